The summed E-state index contributed by atoms with van der Waals surface area (Å²) in [5.74, 6) is 2.92. The first-order valence-corrected chi connectivity index (χ1v) is 14.2. The monoisotopic (exact) mass is 472 g/mol. The summed E-state index contributed by atoms with van der Waals surface area (Å²) >= 11 is 0. The van der Waals surface area contributed by atoms with Gasteiger partial charge in [-0.2, -0.15) is 0 Å². The van der Waals surface area contributed by atoms with E-state index in [0.717, 1.165) is 48.9 Å². The fraction of sp³-hybridized carbons (Fsp3) is 0.867. The molecule has 1 N–H and O–H groups in total. The van der Waals surface area contributed by atoms with Crippen LogP contribution in [0.5, 0.6) is 0 Å². The van der Waals surface area contributed by atoms with Gasteiger partial charge < -0.3 is 9.84 Å². The summed E-state index contributed by atoms with van der Waals surface area (Å²) in [7, 11) is 0. The lowest BCUT2D eigenvalue weighted by Gasteiger charge is -2.58. The van der Waals surface area contributed by atoms with Crippen LogP contribution >= 0.6 is 0 Å². The number of ether oxygens (including phenoxy) is 1. The minimum Gasteiger partial charge on any atom is -0.481 e. The number of carboxylic acids is 1. The van der Waals surface area contributed by atoms with Crippen LogP contribution in [0, 0.1) is 40.4 Å². The van der Waals surface area contributed by atoms with Crippen molar-refractivity contribution in [2.45, 2.75) is 124 Å². The second-order valence-corrected chi connectivity index (χ2v) is 13.0. The molecule has 192 valence electrons. The normalized spacial score (nSPS) is 39.1. The van der Waals surface area contributed by atoms with Gasteiger partial charge in [-0.3, -0.25) is 9.59 Å². The summed E-state index contributed by atoms with van der Waals surface area (Å²) in [5, 5.41) is 8.82. The largest absolute Gasteiger partial charge is 0.481 e. The van der Waals surface area contributed by atoms with Gasteiger partial charge in [0.15, 0.2) is 0 Å². The van der Waals surface area contributed by atoms with Crippen molar-refractivity contribution in [1.82, 2.24) is 0 Å². The zero-order chi connectivity index (χ0) is 24.5. The summed E-state index contributed by atoms with van der Waals surface area (Å²) in [6.45, 7) is 9.83. The third kappa shape index (κ3) is 5.12. The Labute approximate surface area is 207 Å². The summed E-state index contributed by atoms with van der Waals surface area (Å²) in [6.07, 6.45) is 17.6. The van der Waals surface area contributed by atoms with Crippen LogP contribution in [0.15, 0.2) is 11.6 Å². The zero-order valence-corrected chi connectivity index (χ0v) is 22.1. The van der Waals surface area contributed by atoms with Gasteiger partial charge in [0.05, 0.1) is 12.8 Å². The molecule has 7 atom stereocenters. The highest BCUT2D eigenvalue weighted by Crippen LogP contribution is 2.66. The second-order valence-electron chi connectivity index (χ2n) is 13.0. The van der Waals surface area contributed by atoms with Crippen LogP contribution in [0.1, 0.15) is 118 Å². The fourth-order valence-corrected chi connectivity index (χ4v) is 8.71. The van der Waals surface area contributed by atoms with E-state index >= 15 is 0 Å². The lowest BCUT2D eigenvalue weighted by Crippen LogP contribution is -2.50. The van der Waals surface area contributed by atoms with E-state index in [0.29, 0.717) is 5.41 Å². The first kappa shape index (κ1) is 25.8. The Bertz CT molecular complexity index is 785. The number of aliphatic carboxylic acids is 1. The Morgan fingerprint density at radius 3 is 2.59 bits per heavy atom. The summed E-state index contributed by atoms with van der Waals surface area (Å²) in [4.78, 5) is 22.9. The Hall–Kier alpha value is -1.32. The smallest absolute Gasteiger partial charge is 0.306 e. The number of fused-ring (bicyclic) bond motifs is 5. The maximum Gasteiger partial charge on any atom is 0.306 e. The first-order chi connectivity index (χ1) is 16.1. The van der Waals surface area contributed by atoms with Crippen molar-refractivity contribution >= 4 is 11.9 Å². The Morgan fingerprint density at radius 2 is 1.85 bits per heavy atom. The van der Waals surface area contributed by atoms with Gasteiger partial charge in [0.2, 0.25) is 0 Å². The maximum absolute atomic E-state index is 12.1. The van der Waals surface area contributed by atoms with Crippen LogP contribution in [-0.2, 0) is 14.3 Å². The standard InChI is InChI=1S/C30H48O4/c1-20(2)7-5-6-8-21-10-12-25-24-11-9-22-19-23(34-28(33)14-13-27(31)32)15-17-30(22,4)26(24)16-18-29(21,25)3/h9,20-21,23-26H,5-8,10-19H2,1-4H3,(H,31,32). The summed E-state index contributed by atoms with van der Waals surface area (Å²) < 4.78 is 5.69. The number of carbonyl (C=O) groups excluding carboxylic acids is 1. The predicted molar refractivity (Wildman–Crippen MR) is 135 cm³/mol. The van der Waals surface area contributed by atoms with E-state index in [9.17, 15) is 9.59 Å². The fourth-order valence-electron chi connectivity index (χ4n) is 8.71. The highest BCUT2D eigenvalue weighted by molar-refractivity contribution is 5.76. The second kappa shape index (κ2) is 10.3. The maximum atomic E-state index is 12.1. The Morgan fingerprint density at radius 1 is 1.06 bits per heavy atom. The van der Waals surface area contributed by atoms with E-state index < -0.39 is 5.97 Å². The highest BCUT2D eigenvalue weighted by Gasteiger charge is 2.58. The van der Waals surface area contributed by atoms with E-state index in [4.69, 9.17) is 9.84 Å². The van der Waals surface area contributed by atoms with Crippen molar-refractivity contribution in [2.24, 2.45) is 40.4 Å². The van der Waals surface area contributed by atoms with Crippen molar-refractivity contribution < 1.29 is 19.4 Å². The summed E-state index contributed by atoms with van der Waals surface area (Å²) in [5.41, 5.74) is 2.31. The molecule has 0 aromatic carbocycles. The van der Waals surface area contributed by atoms with Crippen molar-refractivity contribution in [3.8, 4) is 0 Å². The third-order valence-electron chi connectivity index (χ3n) is 10.7. The van der Waals surface area contributed by atoms with Gasteiger partial charge in [-0.15, -0.1) is 0 Å². The van der Waals surface area contributed by atoms with Gasteiger partial charge in [-0.05, 0) is 91.8 Å². The minimum atomic E-state index is -0.941. The van der Waals surface area contributed by atoms with Gasteiger partial charge in [-0.25, -0.2) is 0 Å². The number of hydrogen-bond donors (Lipinski definition) is 1. The molecule has 4 nitrogen and oxygen atoms in total. The molecule has 0 radical (unpaired) electrons. The molecule has 0 spiro atoms. The molecule has 4 heteroatoms. The van der Waals surface area contributed by atoms with Crippen LogP contribution in [0.25, 0.3) is 0 Å². The van der Waals surface area contributed by atoms with Crippen molar-refractivity contribution in [2.75, 3.05) is 0 Å². The molecule has 4 rings (SSSR count). The molecule has 0 aliphatic heterocycles. The topological polar surface area (TPSA) is 63.6 Å². The molecule has 0 bridgehead atoms. The summed E-state index contributed by atoms with van der Waals surface area (Å²) in [6, 6.07) is 0. The molecule has 3 fully saturated rings. The number of unbranched alkanes of at least 4 members (excludes halogenated alkanes) is 1. The quantitative estimate of drug-likeness (QED) is 0.214. The van der Waals surface area contributed by atoms with E-state index in [-0.39, 0.29) is 30.3 Å². The van der Waals surface area contributed by atoms with Crippen LogP contribution in [-0.4, -0.2) is 23.1 Å². The Kier molecular flexibility index (Phi) is 7.84. The van der Waals surface area contributed by atoms with Crippen LogP contribution < -0.4 is 0 Å². The molecule has 7 unspecified atom stereocenters. The van der Waals surface area contributed by atoms with E-state index in [2.05, 4.69) is 33.8 Å². The number of allylic oxidation sites excluding steroid dienone is 1. The third-order valence-corrected chi connectivity index (χ3v) is 10.7. The van der Waals surface area contributed by atoms with Gasteiger partial charge in [0.1, 0.15) is 6.10 Å². The molecular formula is C30H48O4. The molecule has 0 aromatic heterocycles. The van der Waals surface area contributed by atoms with Crippen molar-refractivity contribution in [3.63, 3.8) is 0 Å². The van der Waals surface area contributed by atoms with Crippen LogP contribution in [0.2, 0.25) is 0 Å². The molecule has 0 saturated heterocycles. The molecule has 4 aliphatic rings. The van der Waals surface area contributed by atoms with E-state index in [1.165, 1.54) is 63.4 Å². The average Bonchev–Trinajstić information content (AvgIpc) is 3.11. The molecule has 0 amide bonds. The first-order valence-electron chi connectivity index (χ1n) is 14.2. The minimum absolute atomic E-state index is 0.0221. The molecule has 34 heavy (non-hydrogen) atoms. The predicted octanol–water partition coefficient (Wildman–Crippen LogP) is 7.56. The Balaban J connectivity index is 1.38. The van der Waals surface area contributed by atoms with Gasteiger partial charge >= 0.3 is 11.9 Å². The number of carboxylic acid groups (broad SMARTS) is 1. The number of hydrogen-bond acceptors (Lipinski definition) is 3. The molecule has 4 aliphatic carbocycles. The van der Waals surface area contributed by atoms with Crippen molar-refractivity contribution in [1.29, 1.82) is 0 Å². The van der Waals surface area contributed by atoms with Crippen molar-refractivity contribution in [3.05, 3.63) is 11.6 Å². The van der Waals surface area contributed by atoms with Gasteiger partial charge in [0.25, 0.3) is 0 Å². The SMILES string of the molecule is CC(C)CCCCC1CCC2C3CC=C4CC(OC(=O)CCC(=O)O)CCC4(C)C3CCC12C. The molecule has 3 saturated carbocycles. The van der Waals surface area contributed by atoms with Crippen LogP contribution in [0.4, 0.5) is 0 Å². The lowest BCUT2D eigenvalue weighted by molar-refractivity contribution is -0.154. The highest BCUT2D eigenvalue weighted by atomic mass is 16.5. The lowest BCUT2D eigenvalue weighted by atomic mass is 9.47. The molecule has 0 heterocycles. The van der Waals surface area contributed by atoms with E-state index in [1.54, 1.807) is 0 Å². The average molecular weight is 473 g/mol. The molecule has 0 aromatic rings. The number of rotatable bonds is 9. The van der Waals surface area contributed by atoms with Gasteiger partial charge in [0, 0.05) is 6.42 Å². The molecular weight excluding hydrogens is 424 g/mol. The number of carbonyl (C=O) groups is 2. The zero-order valence-electron chi connectivity index (χ0n) is 22.1. The van der Waals surface area contributed by atoms with Gasteiger partial charge in [-0.1, -0.05) is 58.6 Å². The van der Waals surface area contributed by atoms with E-state index in [1.807, 2.05) is 0 Å². The number of esters is 1. The van der Waals surface area contributed by atoms with Crippen LogP contribution in [0.3, 0.4) is 0 Å².